The van der Waals surface area contributed by atoms with Crippen LogP contribution in [0.3, 0.4) is 0 Å². The van der Waals surface area contributed by atoms with Crippen LogP contribution in [0.2, 0.25) is 0 Å². The molecule has 2 fully saturated rings. The minimum atomic E-state index is -3.15. The Hall–Kier alpha value is -2.54. The van der Waals surface area contributed by atoms with Crippen molar-refractivity contribution in [2.24, 2.45) is 5.92 Å². The number of benzene rings is 1. The van der Waals surface area contributed by atoms with Gasteiger partial charge in [0.25, 0.3) is 5.91 Å². The fourth-order valence-corrected chi connectivity index (χ4v) is 6.35. The number of nitrogens with zero attached hydrogens (tertiary/aromatic N) is 1. The minimum absolute atomic E-state index is 0.0235. The summed E-state index contributed by atoms with van der Waals surface area (Å²) in [5.41, 5.74) is 2.50. The van der Waals surface area contributed by atoms with Gasteiger partial charge in [0.15, 0.2) is 15.6 Å². The van der Waals surface area contributed by atoms with Crippen LogP contribution in [0, 0.1) is 19.8 Å². The third-order valence-corrected chi connectivity index (χ3v) is 8.43. The van der Waals surface area contributed by atoms with Crippen molar-refractivity contribution in [2.45, 2.75) is 52.1 Å². The van der Waals surface area contributed by atoms with Gasteiger partial charge in [0.2, 0.25) is 0 Å². The smallest absolute Gasteiger partial charge is 0.290 e. The molecule has 0 spiro atoms. The maximum Gasteiger partial charge on any atom is 0.290 e. The number of carbonyl (C=O) groups is 1. The van der Waals surface area contributed by atoms with E-state index in [-0.39, 0.29) is 35.8 Å². The number of furan rings is 2. The lowest BCUT2D eigenvalue weighted by atomic mass is 10.1. The summed E-state index contributed by atoms with van der Waals surface area (Å²) in [4.78, 5) is 15.2. The second-order valence-electron chi connectivity index (χ2n) is 9.17. The summed E-state index contributed by atoms with van der Waals surface area (Å²) in [5, 5.41) is 0.899. The topological polar surface area (TPSA) is 80.7 Å². The van der Waals surface area contributed by atoms with E-state index in [1.165, 1.54) is 0 Å². The Bertz CT molecular complexity index is 1270. The molecule has 1 amide bonds. The zero-order chi connectivity index (χ0) is 21.9. The van der Waals surface area contributed by atoms with E-state index in [4.69, 9.17) is 8.83 Å². The Morgan fingerprint density at radius 2 is 1.94 bits per heavy atom. The molecule has 3 atom stereocenters. The summed E-state index contributed by atoms with van der Waals surface area (Å²) in [6.07, 6.45) is 1.55. The molecular weight excluding hydrogens is 414 g/mol. The number of hydrogen-bond donors (Lipinski definition) is 0. The van der Waals surface area contributed by atoms with Gasteiger partial charge in [-0.05, 0) is 56.4 Å². The lowest BCUT2D eigenvalue weighted by Crippen LogP contribution is -2.40. The highest BCUT2D eigenvalue weighted by Gasteiger charge is 2.39. The highest BCUT2D eigenvalue weighted by atomic mass is 32.2. The Morgan fingerprint density at radius 1 is 1.16 bits per heavy atom. The molecule has 6 nitrogen and oxygen atoms in total. The molecule has 7 heteroatoms. The Kier molecular flexibility index (Phi) is 4.77. The van der Waals surface area contributed by atoms with E-state index in [1.54, 1.807) is 4.90 Å². The molecule has 0 N–H and O–H groups in total. The van der Waals surface area contributed by atoms with E-state index >= 15 is 0 Å². The van der Waals surface area contributed by atoms with Gasteiger partial charge in [-0.15, -0.1) is 0 Å². The third kappa shape index (κ3) is 3.80. The van der Waals surface area contributed by atoms with E-state index < -0.39 is 9.84 Å². The number of hydrogen-bond acceptors (Lipinski definition) is 5. The SMILES string of the molecule is Cc1ccc2c(C)c(C(=O)N(Cc3ccc(C4CC4C)o3)C3CCS(=O)(=O)C3)oc2c1. The van der Waals surface area contributed by atoms with Crippen molar-refractivity contribution in [1.82, 2.24) is 4.90 Å². The molecule has 2 aliphatic rings. The quantitative estimate of drug-likeness (QED) is 0.578. The zero-order valence-electron chi connectivity index (χ0n) is 18.1. The van der Waals surface area contributed by atoms with Crippen molar-refractivity contribution < 1.29 is 22.0 Å². The van der Waals surface area contributed by atoms with Crippen LogP contribution in [0.25, 0.3) is 11.0 Å². The lowest BCUT2D eigenvalue weighted by Gasteiger charge is -2.26. The van der Waals surface area contributed by atoms with Gasteiger partial charge < -0.3 is 13.7 Å². The van der Waals surface area contributed by atoms with Gasteiger partial charge in [-0.3, -0.25) is 4.79 Å². The highest BCUT2D eigenvalue weighted by Crippen LogP contribution is 2.47. The molecule has 1 aliphatic carbocycles. The van der Waals surface area contributed by atoms with Gasteiger partial charge in [0.1, 0.15) is 17.1 Å². The van der Waals surface area contributed by atoms with Gasteiger partial charge in [-0.25, -0.2) is 8.42 Å². The van der Waals surface area contributed by atoms with Crippen molar-refractivity contribution in [3.05, 3.63) is 58.7 Å². The van der Waals surface area contributed by atoms with Gasteiger partial charge in [0.05, 0.1) is 18.1 Å². The molecule has 3 heterocycles. The summed E-state index contributed by atoms with van der Waals surface area (Å²) >= 11 is 0. The van der Waals surface area contributed by atoms with Gasteiger partial charge >= 0.3 is 0 Å². The van der Waals surface area contributed by atoms with Crippen LogP contribution < -0.4 is 0 Å². The van der Waals surface area contributed by atoms with Crippen LogP contribution in [0.1, 0.15) is 58.9 Å². The Labute approximate surface area is 182 Å². The minimum Gasteiger partial charge on any atom is -0.464 e. The first-order chi connectivity index (χ1) is 14.7. The predicted molar refractivity (Wildman–Crippen MR) is 118 cm³/mol. The fourth-order valence-electron chi connectivity index (χ4n) is 4.62. The summed E-state index contributed by atoms with van der Waals surface area (Å²) < 4.78 is 36.3. The summed E-state index contributed by atoms with van der Waals surface area (Å²) in [7, 11) is -3.15. The molecule has 1 aliphatic heterocycles. The first-order valence-corrected chi connectivity index (χ1v) is 12.6. The average Bonchev–Trinajstić information content (AvgIpc) is 3.05. The fraction of sp³-hybridized carbons (Fsp3) is 0.458. The second kappa shape index (κ2) is 7.26. The standard InChI is InChI=1S/C24H27NO5S/c1-14-4-6-19-16(3)23(30-22(19)10-14)24(26)25(17-8-9-31(27,28)13-17)12-18-5-7-21(29-18)20-11-15(20)2/h4-7,10,15,17,20H,8-9,11-13H2,1-3H3. The summed E-state index contributed by atoms with van der Waals surface area (Å²) in [6, 6.07) is 9.36. The molecule has 2 aromatic heterocycles. The van der Waals surface area contributed by atoms with E-state index in [9.17, 15) is 13.2 Å². The van der Waals surface area contributed by atoms with Crippen molar-refractivity contribution in [1.29, 1.82) is 0 Å². The highest BCUT2D eigenvalue weighted by molar-refractivity contribution is 7.91. The van der Waals surface area contributed by atoms with Gasteiger partial charge in [-0.1, -0.05) is 19.1 Å². The van der Waals surface area contributed by atoms with Crippen LogP contribution in [0.5, 0.6) is 0 Å². The largest absolute Gasteiger partial charge is 0.464 e. The molecule has 31 heavy (non-hydrogen) atoms. The van der Waals surface area contributed by atoms with E-state index in [0.717, 1.165) is 28.7 Å². The first kappa shape index (κ1) is 20.4. The Morgan fingerprint density at radius 3 is 2.61 bits per heavy atom. The molecule has 0 radical (unpaired) electrons. The lowest BCUT2D eigenvalue weighted by molar-refractivity contribution is 0.0634. The van der Waals surface area contributed by atoms with Crippen LogP contribution >= 0.6 is 0 Å². The maximum absolute atomic E-state index is 13.6. The van der Waals surface area contributed by atoms with Crippen molar-refractivity contribution in [2.75, 3.05) is 11.5 Å². The van der Waals surface area contributed by atoms with E-state index in [2.05, 4.69) is 6.92 Å². The number of sulfone groups is 1. The second-order valence-corrected chi connectivity index (χ2v) is 11.4. The maximum atomic E-state index is 13.6. The van der Waals surface area contributed by atoms with Crippen LogP contribution in [-0.4, -0.2) is 36.8 Å². The number of fused-ring (bicyclic) bond motifs is 1. The van der Waals surface area contributed by atoms with Crippen molar-refractivity contribution >= 4 is 26.7 Å². The predicted octanol–water partition coefficient (Wildman–Crippen LogP) is 4.60. The normalized spacial score (nSPS) is 24.5. The molecule has 1 saturated carbocycles. The van der Waals surface area contributed by atoms with Crippen LogP contribution in [-0.2, 0) is 16.4 Å². The van der Waals surface area contributed by atoms with Crippen molar-refractivity contribution in [3.63, 3.8) is 0 Å². The molecule has 5 rings (SSSR count). The molecular formula is C24H27NO5S. The average molecular weight is 442 g/mol. The molecule has 1 aromatic carbocycles. The molecule has 1 saturated heterocycles. The number of carbonyl (C=O) groups excluding carboxylic acids is 1. The van der Waals surface area contributed by atoms with Gasteiger partial charge in [0, 0.05) is 22.9 Å². The number of rotatable bonds is 5. The van der Waals surface area contributed by atoms with E-state index in [0.29, 0.717) is 29.6 Å². The zero-order valence-corrected chi connectivity index (χ0v) is 18.9. The Balaban J connectivity index is 1.48. The molecule has 3 unspecified atom stereocenters. The van der Waals surface area contributed by atoms with Crippen LogP contribution in [0.4, 0.5) is 0 Å². The number of amides is 1. The molecule has 164 valence electrons. The summed E-state index contributed by atoms with van der Waals surface area (Å²) in [5.74, 6) is 2.76. The molecule has 0 bridgehead atoms. The van der Waals surface area contributed by atoms with Crippen LogP contribution in [0.15, 0.2) is 39.2 Å². The number of aryl methyl sites for hydroxylation is 2. The van der Waals surface area contributed by atoms with Crippen molar-refractivity contribution in [3.8, 4) is 0 Å². The third-order valence-electron chi connectivity index (χ3n) is 6.68. The monoisotopic (exact) mass is 441 g/mol. The van der Waals surface area contributed by atoms with Gasteiger partial charge in [-0.2, -0.15) is 0 Å². The first-order valence-electron chi connectivity index (χ1n) is 10.8. The summed E-state index contributed by atoms with van der Waals surface area (Å²) in [6.45, 7) is 6.27. The molecule has 3 aromatic rings. The van der Waals surface area contributed by atoms with E-state index in [1.807, 2.05) is 44.2 Å².